The largest absolute Gasteiger partial charge is 0.355 e. The minimum Gasteiger partial charge on any atom is -0.355 e. The number of imide groups is 1. The van der Waals surface area contributed by atoms with Gasteiger partial charge in [-0.2, -0.15) is 0 Å². The number of hydrogen-bond acceptors (Lipinski definition) is 3. The standard InChI is InChI=1S/C9H12N2O3/c1-3-10-9(14)6(2)11-7(12)4-5-8(11)13/h4-6H,3H2,1-2H3,(H,10,14). The van der Waals surface area contributed by atoms with E-state index in [9.17, 15) is 14.4 Å². The molecule has 5 nitrogen and oxygen atoms in total. The van der Waals surface area contributed by atoms with Crippen LogP contribution in [0, 0.1) is 0 Å². The van der Waals surface area contributed by atoms with E-state index in [1.165, 1.54) is 6.92 Å². The molecule has 1 heterocycles. The molecule has 0 aromatic heterocycles. The molecule has 3 amide bonds. The zero-order valence-electron chi connectivity index (χ0n) is 8.11. The molecule has 14 heavy (non-hydrogen) atoms. The number of rotatable bonds is 3. The molecule has 0 radical (unpaired) electrons. The van der Waals surface area contributed by atoms with Crippen LogP contribution in [0.15, 0.2) is 12.2 Å². The molecule has 0 fully saturated rings. The summed E-state index contributed by atoms with van der Waals surface area (Å²) >= 11 is 0. The third-order valence-corrected chi connectivity index (χ3v) is 1.96. The number of nitrogens with zero attached hydrogens (tertiary/aromatic N) is 1. The lowest BCUT2D eigenvalue weighted by Gasteiger charge is -2.20. The fourth-order valence-electron chi connectivity index (χ4n) is 1.23. The van der Waals surface area contributed by atoms with Crippen molar-refractivity contribution in [2.45, 2.75) is 19.9 Å². The summed E-state index contributed by atoms with van der Waals surface area (Å²) in [7, 11) is 0. The van der Waals surface area contributed by atoms with Crippen LogP contribution < -0.4 is 5.32 Å². The number of nitrogens with one attached hydrogen (secondary N) is 1. The zero-order chi connectivity index (χ0) is 10.7. The summed E-state index contributed by atoms with van der Waals surface area (Å²) in [6.45, 7) is 3.77. The first kappa shape index (κ1) is 10.4. The molecule has 0 aromatic rings. The SMILES string of the molecule is CCNC(=O)C(C)N1C(=O)C=CC1=O. The molecule has 1 N–H and O–H groups in total. The highest BCUT2D eigenvalue weighted by atomic mass is 16.2. The normalized spacial score (nSPS) is 17.4. The third kappa shape index (κ3) is 1.81. The van der Waals surface area contributed by atoms with E-state index < -0.39 is 17.9 Å². The average Bonchev–Trinajstić information content (AvgIpc) is 2.46. The quantitative estimate of drug-likeness (QED) is 0.615. The third-order valence-electron chi connectivity index (χ3n) is 1.96. The molecular weight excluding hydrogens is 184 g/mol. The molecule has 1 unspecified atom stereocenters. The summed E-state index contributed by atoms with van der Waals surface area (Å²) in [5, 5.41) is 2.55. The molecular formula is C9H12N2O3. The molecule has 0 aromatic carbocycles. The van der Waals surface area contributed by atoms with Crippen molar-refractivity contribution in [1.82, 2.24) is 10.2 Å². The van der Waals surface area contributed by atoms with E-state index in [-0.39, 0.29) is 5.91 Å². The maximum atomic E-state index is 11.3. The second-order valence-electron chi connectivity index (χ2n) is 2.95. The van der Waals surface area contributed by atoms with Crippen LogP contribution in [0.1, 0.15) is 13.8 Å². The van der Waals surface area contributed by atoms with E-state index in [1.54, 1.807) is 6.92 Å². The molecule has 0 spiro atoms. The summed E-state index contributed by atoms with van der Waals surface area (Å²) in [6.07, 6.45) is 2.33. The lowest BCUT2D eigenvalue weighted by molar-refractivity contribution is -0.144. The molecule has 1 atom stereocenters. The van der Waals surface area contributed by atoms with Crippen molar-refractivity contribution < 1.29 is 14.4 Å². The molecule has 0 bridgehead atoms. The Morgan fingerprint density at radius 2 is 1.93 bits per heavy atom. The van der Waals surface area contributed by atoms with E-state index >= 15 is 0 Å². The number of hydrogen-bond donors (Lipinski definition) is 1. The Kier molecular flexibility index (Phi) is 3.01. The van der Waals surface area contributed by atoms with Gasteiger partial charge in [0, 0.05) is 18.7 Å². The molecule has 1 rings (SSSR count). The Balaban J connectivity index is 2.70. The first-order valence-electron chi connectivity index (χ1n) is 4.41. The minimum atomic E-state index is -0.745. The number of carbonyl (C=O) groups excluding carboxylic acids is 3. The fraction of sp³-hybridized carbons (Fsp3) is 0.444. The van der Waals surface area contributed by atoms with Crippen molar-refractivity contribution in [3.63, 3.8) is 0 Å². The van der Waals surface area contributed by atoms with E-state index in [1.807, 2.05) is 0 Å². The number of likely N-dealkylation sites (N-methyl/N-ethyl adjacent to an activating group) is 1. The molecule has 0 saturated heterocycles. The highest BCUT2D eigenvalue weighted by Crippen LogP contribution is 2.08. The summed E-state index contributed by atoms with van der Waals surface area (Å²) in [6, 6.07) is -0.745. The Morgan fingerprint density at radius 3 is 2.36 bits per heavy atom. The topological polar surface area (TPSA) is 66.5 Å². The molecule has 76 valence electrons. The van der Waals surface area contributed by atoms with Gasteiger partial charge in [0.15, 0.2) is 0 Å². The highest BCUT2D eigenvalue weighted by Gasteiger charge is 2.32. The van der Waals surface area contributed by atoms with Crippen LogP contribution in [0.5, 0.6) is 0 Å². The Bertz CT molecular complexity index is 291. The Morgan fingerprint density at radius 1 is 1.43 bits per heavy atom. The van der Waals surface area contributed by atoms with Gasteiger partial charge in [0.25, 0.3) is 11.8 Å². The van der Waals surface area contributed by atoms with Crippen molar-refractivity contribution >= 4 is 17.7 Å². The molecule has 1 aliphatic rings. The van der Waals surface area contributed by atoms with Gasteiger partial charge in [-0.15, -0.1) is 0 Å². The van der Waals surface area contributed by atoms with Crippen LogP contribution in [-0.2, 0) is 14.4 Å². The van der Waals surface area contributed by atoms with Gasteiger partial charge < -0.3 is 5.32 Å². The van der Waals surface area contributed by atoms with Gasteiger partial charge in [-0.1, -0.05) is 0 Å². The second kappa shape index (κ2) is 4.04. The van der Waals surface area contributed by atoms with Crippen molar-refractivity contribution in [2.24, 2.45) is 0 Å². The maximum Gasteiger partial charge on any atom is 0.254 e. The van der Waals surface area contributed by atoms with Gasteiger partial charge in [0.05, 0.1) is 0 Å². The van der Waals surface area contributed by atoms with E-state index in [0.29, 0.717) is 6.54 Å². The predicted octanol–water partition coefficient (Wildman–Crippen LogP) is -0.564. The van der Waals surface area contributed by atoms with Crippen molar-refractivity contribution in [3.8, 4) is 0 Å². The van der Waals surface area contributed by atoms with Gasteiger partial charge in [-0.3, -0.25) is 19.3 Å². The molecule has 1 aliphatic heterocycles. The van der Waals surface area contributed by atoms with E-state index in [4.69, 9.17) is 0 Å². The summed E-state index contributed by atoms with van der Waals surface area (Å²) in [5.74, 6) is -1.19. The lowest BCUT2D eigenvalue weighted by atomic mass is 10.2. The van der Waals surface area contributed by atoms with Crippen molar-refractivity contribution in [2.75, 3.05) is 6.54 Å². The van der Waals surface area contributed by atoms with Crippen LogP contribution in [0.25, 0.3) is 0 Å². The van der Waals surface area contributed by atoms with Crippen LogP contribution >= 0.6 is 0 Å². The molecule has 0 aliphatic carbocycles. The second-order valence-corrected chi connectivity index (χ2v) is 2.95. The van der Waals surface area contributed by atoms with Crippen molar-refractivity contribution in [3.05, 3.63) is 12.2 Å². The van der Waals surface area contributed by atoms with Crippen LogP contribution in [-0.4, -0.2) is 35.2 Å². The molecule has 5 heteroatoms. The first-order valence-corrected chi connectivity index (χ1v) is 4.41. The van der Waals surface area contributed by atoms with Crippen LogP contribution in [0.3, 0.4) is 0 Å². The summed E-state index contributed by atoms with van der Waals surface area (Å²) in [5.41, 5.74) is 0. The maximum absolute atomic E-state index is 11.3. The van der Waals surface area contributed by atoms with Gasteiger partial charge in [-0.25, -0.2) is 0 Å². The predicted molar refractivity (Wildman–Crippen MR) is 49.1 cm³/mol. The summed E-state index contributed by atoms with van der Waals surface area (Å²) < 4.78 is 0. The molecule has 0 saturated carbocycles. The van der Waals surface area contributed by atoms with Gasteiger partial charge >= 0.3 is 0 Å². The van der Waals surface area contributed by atoms with Gasteiger partial charge in [0.1, 0.15) is 6.04 Å². The average molecular weight is 196 g/mol. The van der Waals surface area contributed by atoms with Crippen molar-refractivity contribution in [1.29, 1.82) is 0 Å². The van der Waals surface area contributed by atoms with Crippen LogP contribution in [0.2, 0.25) is 0 Å². The fourth-order valence-corrected chi connectivity index (χ4v) is 1.23. The Labute approximate surface area is 81.8 Å². The highest BCUT2D eigenvalue weighted by molar-refractivity contribution is 6.15. The summed E-state index contributed by atoms with van der Waals surface area (Å²) in [4.78, 5) is 34.6. The first-order chi connectivity index (χ1) is 6.57. The van der Waals surface area contributed by atoms with E-state index in [2.05, 4.69) is 5.32 Å². The number of amides is 3. The Hall–Kier alpha value is -1.65. The van der Waals surface area contributed by atoms with Gasteiger partial charge in [0.2, 0.25) is 5.91 Å². The van der Waals surface area contributed by atoms with E-state index in [0.717, 1.165) is 17.1 Å². The number of carbonyl (C=O) groups is 3. The smallest absolute Gasteiger partial charge is 0.254 e. The monoisotopic (exact) mass is 196 g/mol. The lowest BCUT2D eigenvalue weighted by Crippen LogP contribution is -2.47. The minimum absolute atomic E-state index is 0.321. The van der Waals surface area contributed by atoms with Gasteiger partial charge in [-0.05, 0) is 13.8 Å². The van der Waals surface area contributed by atoms with Crippen LogP contribution in [0.4, 0.5) is 0 Å². The zero-order valence-corrected chi connectivity index (χ0v) is 8.11.